The molecule has 1 heterocycles. The second-order valence-electron chi connectivity index (χ2n) is 4.76. The Morgan fingerprint density at radius 2 is 1.75 bits per heavy atom. The Morgan fingerprint density at radius 3 is 2.42 bits per heavy atom. The molecule has 0 atom stereocenters. The number of nitrogens with zero attached hydrogens (tertiary/aromatic N) is 4. The molecule has 3 aromatic rings. The van der Waals surface area contributed by atoms with E-state index in [9.17, 15) is 10.1 Å². The van der Waals surface area contributed by atoms with E-state index >= 15 is 0 Å². The van der Waals surface area contributed by atoms with Crippen LogP contribution >= 0.6 is 12.4 Å². The first-order chi connectivity index (χ1) is 11.1. The van der Waals surface area contributed by atoms with Crippen LogP contribution in [-0.2, 0) is 0 Å². The molecule has 2 aromatic carbocycles. The number of halogens is 1. The lowest BCUT2D eigenvalue weighted by molar-refractivity contribution is -0.384. The summed E-state index contributed by atoms with van der Waals surface area (Å²) < 4.78 is 0. The number of rotatable bonds is 3. The van der Waals surface area contributed by atoms with Crippen molar-refractivity contribution in [1.29, 1.82) is 0 Å². The van der Waals surface area contributed by atoms with Crippen LogP contribution in [0.5, 0.6) is 0 Å². The van der Waals surface area contributed by atoms with Crippen LogP contribution in [0.3, 0.4) is 0 Å². The molecule has 0 fully saturated rings. The number of guanidine groups is 1. The molecule has 0 amide bonds. The van der Waals surface area contributed by atoms with E-state index in [1.165, 1.54) is 12.1 Å². The van der Waals surface area contributed by atoms with Crippen molar-refractivity contribution < 1.29 is 4.92 Å². The molecule has 3 rings (SSSR count). The average Bonchev–Trinajstić information content (AvgIpc) is 2.55. The van der Waals surface area contributed by atoms with Crippen LogP contribution in [-0.4, -0.2) is 21.1 Å². The Hall–Kier alpha value is -3.26. The van der Waals surface area contributed by atoms with Crippen LogP contribution in [0.4, 0.5) is 11.5 Å². The smallest absolute Gasteiger partial charge is 0.270 e. The van der Waals surface area contributed by atoms with E-state index in [2.05, 4.69) is 15.2 Å². The number of aromatic nitrogens is 2. The number of nitrogens with two attached hydrogens (primary N) is 2. The van der Waals surface area contributed by atoms with Gasteiger partial charge in [-0.2, -0.15) is 4.99 Å². The zero-order valence-corrected chi connectivity index (χ0v) is 13.1. The predicted molar refractivity (Wildman–Crippen MR) is 94.3 cm³/mol. The van der Waals surface area contributed by atoms with E-state index in [0.717, 1.165) is 5.39 Å². The summed E-state index contributed by atoms with van der Waals surface area (Å²) in [6, 6.07) is 13.5. The fraction of sp³-hybridized carbons (Fsp3) is 0. The summed E-state index contributed by atoms with van der Waals surface area (Å²) >= 11 is 0. The third-order valence-corrected chi connectivity index (χ3v) is 3.23. The topological polar surface area (TPSA) is 133 Å². The van der Waals surface area contributed by atoms with Crippen molar-refractivity contribution in [3.63, 3.8) is 0 Å². The van der Waals surface area contributed by atoms with Crippen LogP contribution in [0.25, 0.3) is 22.0 Å². The molecule has 0 unspecified atom stereocenters. The first kappa shape index (κ1) is 17.1. The highest BCUT2D eigenvalue weighted by Crippen LogP contribution is 2.32. The van der Waals surface area contributed by atoms with Gasteiger partial charge < -0.3 is 11.5 Å². The number of hydrogen-bond acceptors (Lipinski definition) is 5. The second-order valence-corrected chi connectivity index (χ2v) is 4.76. The summed E-state index contributed by atoms with van der Waals surface area (Å²) in [4.78, 5) is 14.5. The van der Waals surface area contributed by atoms with Crippen molar-refractivity contribution in [2.45, 2.75) is 0 Å². The second kappa shape index (κ2) is 6.88. The highest BCUT2D eigenvalue weighted by Gasteiger charge is 2.13. The van der Waals surface area contributed by atoms with Gasteiger partial charge in [0.15, 0.2) is 11.8 Å². The van der Waals surface area contributed by atoms with Gasteiger partial charge in [-0.1, -0.05) is 36.4 Å². The van der Waals surface area contributed by atoms with Gasteiger partial charge in [0.25, 0.3) is 5.69 Å². The molecule has 0 saturated carbocycles. The molecule has 4 N–H and O–H groups in total. The van der Waals surface area contributed by atoms with Crippen molar-refractivity contribution in [3.8, 4) is 11.3 Å². The molecule has 0 radical (unpaired) electrons. The number of aliphatic imine (C=N–C) groups is 1. The highest BCUT2D eigenvalue weighted by molar-refractivity contribution is 6.00. The van der Waals surface area contributed by atoms with Gasteiger partial charge in [-0.3, -0.25) is 10.1 Å². The van der Waals surface area contributed by atoms with Crippen molar-refractivity contribution in [2.75, 3.05) is 0 Å². The molecular weight excluding hydrogens is 332 g/mol. The monoisotopic (exact) mass is 344 g/mol. The summed E-state index contributed by atoms with van der Waals surface area (Å²) in [5.74, 6) is 0.183. The zero-order valence-electron chi connectivity index (χ0n) is 12.3. The molecule has 0 aliphatic rings. The Morgan fingerprint density at radius 1 is 1.04 bits per heavy atom. The molecule has 8 nitrogen and oxygen atoms in total. The summed E-state index contributed by atoms with van der Waals surface area (Å²) in [5.41, 5.74) is 11.9. The van der Waals surface area contributed by atoms with E-state index < -0.39 is 4.92 Å². The largest absolute Gasteiger partial charge is 0.370 e. The third kappa shape index (κ3) is 3.23. The first-order valence-corrected chi connectivity index (χ1v) is 6.66. The van der Waals surface area contributed by atoms with Crippen molar-refractivity contribution in [1.82, 2.24) is 10.2 Å². The van der Waals surface area contributed by atoms with Gasteiger partial charge >= 0.3 is 0 Å². The Balaban J connectivity index is 0.00000208. The quantitative estimate of drug-likeness (QED) is 0.324. The lowest BCUT2D eigenvalue weighted by Crippen LogP contribution is -2.22. The van der Waals surface area contributed by atoms with Crippen LogP contribution < -0.4 is 11.5 Å². The fourth-order valence-electron chi connectivity index (χ4n) is 2.27. The maximum Gasteiger partial charge on any atom is 0.270 e. The van der Waals surface area contributed by atoms with E-state index in [4.69, 9.17) is 11.5 Å². The van der Waals surface area contributed by atoms with Crippen molar-refractivity contribution in [2.24, 2.45) is 16.5 Å². The number of benzene rings is 2. The Bertz CT molecular complexity index is 940. The molecule has 24 heavy (non-hydrogen) atoms. The molecule has 0 saturated heterocycles. The SMILES string of the molecule is Cl.NC(N)=Nc1nnc(-c2cccc([N+](=O)[O-])c2)c2ccccc12. The number of nitro benzene ring substituents is 1. The molecule has 0 aliphatic heterocycles. The Kier molecular flexibility index (Phi) is 4.90. The molecule has 0 spiro atoms. The van der Waals surface area contributed by atoms with E-state index in [-0.39, 0.29) is 24.1 Å². The molecule has 122 valence electrons. The minimum Gasteiger partial charge on any atom is -0.370 e. The van der Waals surface area contributed by atoms with Crippen LogP contribution in [0.15, 0.2) is 53.5 Å². The predicted octanol–water partition coefficient (Wildman–Crippen LogP) is 2.53. The maximum atomic E-state index is 10.9. The molecule has 0 bridgehead atoms. The van der Waals surface area contributed by atoms with Gasteiger partial charge in [-0.15, -0.1) is 22.6 Å². The average molecular weight is 345 g/mol. The van der Waals surface area contributed by atoms with Crippen molar-refractivity contribution >= 4 is 40.6 Å². The van der Waals surface area contributed by atoms with E-state index in [0.29, 0.717) is 22.5 Å². The number of fused-ring (bicyclic) bond motifs is 1. The van der Waals surface area contributed by atoms with Gasteiger partial charge in [0.1, 0.15) is 5.69 Å². The minimum absolute atomic E-state index is 0. The van der Waals surface area contributed by atoms with E-state index in [1.807, 2.05) is 24.3 Å². The lowest BCUT2D eigenvalue weighted by atomic mass is 10.0. The maximum absolute atomic E-state index is 10.9. The van der Waals surface area contributed by atoms with Crippen LogP contribution in [0.1, 0.15) is 0 Å². The molecule has 0 aliphatic carbocycles. The highest BCUT2D eigenvalue weighted by atomic mass is 35.5. The van der Waals surface area contributed by atoms with Crippen molar-refractivity contribution in [3.05, 3.63) is 58.6 Å². The number of non-ortho nitro benzene ring substituents is 1. The normalized spacial score (nSPS) is 10.0. The standard InChI is InChI=1S/C15H12N6O2.ClH/c16-15(17)18-14-12-7-2-1-6-11(12)13(19-20-14)9-4-3-5-10(8-9)21(22)23;/h1-8H,(H4,16,17,18,20);1H. The molecule has 9 heteroatoms. The molecular formula is C15H13ClN6O2. The number of nitro groups is 1. The Labute approximate surface area is 142 Å². The summed E-state index contributed by atoms with van der Waals surface area (Å²) in [5, 5.41) is 20.6. The fourth-order valence-corrected chi connectivity index (χ4v) is 2.27. The van der Waals surface area contributed by atoms with Gasteiger partial charge in [0.05, 0.1) is 4.92 Å². The minimum atomic E-state index is -0.451. The zero-order chi connectivity index (χ0) is 16.4. The summed E-state index contributed by atoms with van der Waals surface area (Å²) in [6.07, 6.45) is 0. The molecule has 1 aromatic heterocycles. The van der Waals surface area contributed by atoms with Crippen LogP contribution in [0, 0.1) is 10.1 Å². The summed E-state index contributed by atoms with van der Waals surface area (Å²) in [6.45, 7) is 0. The van der Waals surface area contributed by atoms with Crippen LogP contribution in [0.2, 0.25) is 0 Å². The first-order valence-electron chi connectivity index (χ1n) is 6.66. The van der Waals surface area contributed by atoms with Gasteiger partial charge in [0, 0.05) is 28.5 Å². The van der Waals surface area contributed by atoms with Gasteiger partial charge in [-0.25, -0.2) is 0 Å². The van der Waals surface area contributed by atoms with Gasteiger partial charge in [0.2, 0.25) is 0 Å². The lowest BCUT2D eigenvalue weighted by Gasteiger charge is -2.07. The third-order valence-electron chi connectivity index (χ3n) is 3.23. The summed E-state index contributed by atoms with van der Waals surface area (Å²) in [7, 11) is 0. The number of hydrogen-bond donors (Lipinski definition) is 2. The van der Waals surface area contributed by atoms with E-state index in [1.54, 1.807) is 12.1 Å². The van der Waals surface area contributed by atoms with Gasteiger partial charge in [-0.05, 0) is 0 Å².